The molecule has 0 aromatic carbocycles. The first-order valence-electron chi connectivity index (χ1n) is 10.2. The van der Waals surface area contributed by atoms with Crippen LogP contribution in [0.3, 0.4) is 0 Å². The van der Waals surface area contributed by atoms with Crippen molar-refractivity contribution in [2.45, 2.75) is 45.4 Å². The van der Waals surface area contributed by atoms with Crippen molar-refractivity contribution < 1.29 is 9.59 Å². The molecule has 2 aliphatic rings. The maximum Gasteiger partial charge on any atom is 0.257 e. The van der Waals surface area contributed by atoms with Crippen molar-refractivity contribution >= 4 is 11.8 Å². The van der Waals surface area contributed by atoms with Crippen LogP contribution in [0.1, 0.15) is 55.1 Å². The summed E-state index contributed by atoms with van der Waals surface area (Å²) in [4.78, 5) is 31.6. The number of likely N-dealkylation sites (tertiary alicyclic amines) is 2. The van der Waals surface area contributed by atoms with Crippen LogP contribution in [0.15, 0.2) is 6.20 Å². The second-order valence-corrected chi connectivity index (χ2v) is 8.46. The minimum Gasteiger partial charge on any atom is -0.341 e. The number of rotatable bonds is 6. The van der Waals surface area contributed by atoms with Gasteiger partial charge in [0.1, 0.15) is 0 Å². The van der Waals surface area contributed by atoms with Crippen molar-refractivity contribution in [3.05, 3.63) is 17.5 Å². The van der Waals surface area contributed by atoms with Crippen LogP contribution in [0.5, 0.6) is 0 Å². The lowest BCUT2D eigenvalue weighted by atomic mass is 9.73. The minimum atomic E-state index is 0.0444. The quantitative estimate of drug-likeness (QED) is 0.822. The second kappa shape index (κ2) is 8.42. The van der Waals surface area contributed by atoms with Crippen molar-refractivity contribution in [3.63, 3.8) is 0 Å². The van der Waals surface area contributed by atoms with E-state index in [4.69, 9.17) is 0 Å². The molecule has 2 amide bonds. The molecule has 27 heavy (non-hydrogen) atoms. The fourth-order valence-electron chi connectivity index (χ4n) is 4.45. The Morgan fingerprint density at radius 1 is 1.33 bits per heavy atom. The molecule has 0 radical (unpaired) electrons. The number of amides is 2. The lowest BCUT2D eigenvalue weighted by Crippen LogP contribution is -2.55. The Labute approximate surface area is 162 Å². The van der Waals surface area contributed by atoms with Gasteiger partial charge in [0.15, 0.2) is 0 Å². The number of likely N-dealkylation sites (N-methyl/N-ethyl adjacent to an activating group) is 1. The molecule has 1 atom stereocenters. The van der Waals surface area contributed by atoms with Crippen LogP contribution < -0.4 is 0 Å². The normalized spacial score (nSPS) is 23.5. The number of piperidine rings is 2. The topological polar surface area (TPSA) is 72.5 Å². The summed E-state index contributed by atoms with van der Waals surface area (Å²) in [5.74, 6) is 0.342. The highest BCUT2D eigenvalue weighted by Gasteiger charge is 2.43. The van der Waals surface area contributed by atoms with Crippen molar-refractivity contribution in [2.24, 2.45) is 5.41 Å². The summed E-state index contributed by atoms with van der Waals surface area (Å²) in [6.07, 6.45) is 7.08. The van der Waals surface area contributed by atoms with Crippen LogP contribution in [0.4, 0.5) is 0 Å². The molecular weight excluding hydrogens is 342 g/mol. The molecule has 0 bridgehead atoms. The van der Waals surface area contributed by atoms with E-state index in [0.29, 0.717) is 12.0 Å². The molecule has 1 spiro atoms. The molecule has 1 N–H and O–H groups in total. The zero-order chi connectivity index (χ0) is 19.4. The van der Waals surface area contributed by atoms with E-state index in [1.54, 1.807) is 6.20 Å². The summed E-state index contributed by atoms with van der Waals surface area (Å²) < 4.78 is 0. The van der Waals surface area contributed by atoms with Gasteiger partial charge in [-0.2, -0.15) is 5.10 Å². The third-order valence-corrected chi connectivity index (χ3v) is 5.96. The molecular formula is C20H33N5O2. The average Bonchev–Trinajstić information content (AvgIpc) is 3.11. The number of hydrogen-bond donors (Lipinski definition) is 1. The Morgan fingerprint density at radius 2 is 2.15 bits per heavy atom. The average molecular weight is 376 g/mol. The van der Waals surface area contributed by atoms with E-state index in [9.17, 15) is 9.59 Å². The summed E-state index contributed by atoms with van der Waals surface area (Å²) >= 11 is 0. The number of nitrogens with one attached hydrogen (secondary N) is 1. The number of aryl methyl sites for hydroxylation is 1. The smallest absolute Gasteiger partial charge is 0.257 e. The summed E-state index contributed by atoms with van der Waals surface area (Å²) in [5, 5.41) is 7.08. The number of aromatic nitrogens is 2. The van der Waals surface area contributed by atoms with E-state index in [2.05, 4.69) is 22.0 Å². The Hall–Kier alpha value is -1.89. The van der Waals surface area contributed by atoms with E-state index in [1.165, 1.54) is 0 Å². The van der Waals surface area contributed by atoms with Crippen LogP contribution in [0.25, 0.3) is 0 Å². The molecule has 2 fully saturated rings. The standard InChI is InChI=1S/C20H33N5O2/c1-4-6-17-16(13-21-22-17)19(27)25-10-5-8-20(15-25)9-7-18(26)24(14-20)12-11-23(2)3/h13H,4-12,14-15H2,1-3H3,(H,21,22)/t20-/m0/s1. The van der Waals surface area contributed by atoms with E-state index in [1.807, 2.05) is 23.9 Å². The third-order valence-electron chi connectivity index (χ3n) is 5.96. The molecule has 1 aromatic rings. The van der Waals surface area contributed by atoms with Gasteiger partial charge in [0.25, 0.3) is 5.91 Å². The molecule has 0 aliphatic carbocycles. The number of H-pyrrole nitrogens is 1. The number of nitrogens with zero attached hydrogens (tertiary/aromatic N) is 4. The highest BCUT2D eigenvalue weighted by Crippen LogP contribution is 2.39. The van der Waals surface area contributed by atoms with Gasteiger partial charge in [-0.05, 0) is 39.8 Å². The summed E-state index contributed by atoms with van der Waals surface area (Å²) in [6, 6.07) is 0. The predicted molar refractivity (Wildman–Crippen MR) is 105 cm³/mol. The lowest BCUT2D eigenvalue weighted by Gasteiger charge is -2.48. The second-order valence-electron chi connectivity index (χ2n) is 8.46. The molecule has 1 aromatic heterocycles. The Bertz CT molecular complexity index is 671. The van der Waals surface area contributed by atoms with Crippen LogP contribution in [0, 0.1) is 5.41 Å². The number of carbonyl (C=O) groups is 2. The summed E-state index contributed by atoms with van der Waals surface area (Å²) in [6.45, 7) is 6.06. The predicted octanol–water partition coefficient (Wildman–Crippen LogP) is 1.77. The van der Waals surface area contributed by atoms with Gasteiger partial charge in [0.2, 0.25) is 5.91 Å². The largest absolute Gasteiger partial charge is 0.341 e. The van der Waals surface area contributed by atoms with Gasteiger partial charge in [0.05, 0.1) is 11.8 Å². The van der Waals surface area contributed by atoms with Crippen molar-refractivity contribution in [3.8, 4) is 0 Å². The third kappa shape index (κ3) is 4.51. The molecule has 2 aliphatic heterocycles. The SMILES string of the molecule is CCCc1[nH]ncc1C(=O)N1CCC[C@@]2(CCC(=O)N(CCN(C)C)C2)C1. The van der Waals surface area contributed by atoms with Crippen molar-refractivity contribution in [1.82, 2.24) is 24.9 Å². The molecule has 150 valence electrons. The zero-order valence-electron chi connectivity index (χ0n) is 17.0. The monoisotopic (exact) mass is 375 g/mol. The molecule has 2 saturated heterocycles. The van der Waals surface area contributed by atoms with E-state index < -0.39 is 0 Å². The summed E-state index contributed by atoms with van der Waals surface area (Å²) in [5.41, 5.74) is 1.70. The van der Waals surface area contributed by atoms with Gasteiger partial charge in [0, 0.05) is 50.3 Å². The molecule has 3 heterocycles. The molecule has 0 unspecified atom stereocenters. The van der Waals surface area contributed by atoms with Crippen LogP contribution in [-0.2, 0) is 11.2 Å². The van der Waals surface area contributed by atoms with Gasteiger partial charge in [-0.15, -0.1) is 0 Å². The van der Waals surface area contributed by atoms with Crippen LogP contribution in [-0.4, -0.2) is 83.5 Å². The highest BCUT2D eigenvalue weighted by molar-refractivity contribution is 5.95. The van der Waals surface area contributed by atoms with Crippen molar-refractivity contribution in [1.29, 1.82) is 0 Å². The number of hydrogen-bond acceptors (Lipinski definition) is 4. The molecule has 0 saturated carbocycles. The first-order valence-corrected chi connectivity index (χ1v) is 10.2. The van der Waals surface area contributed by atoms with Gasteiger partial charge >= 0.3 is 0 Å². The molecule has 7 heteroatoms. The van der Waals surface area contributed by atoms with Crippen LogP contribution >= 0.6 is 0 Å². The van der Waals surface area contributed by atoms with Crippen molar-refractivity contribution in [2.75, 3.05) is 46.8 Å². The molecule has 3 rings (SSSR count). The zero-order valence-corrected chi connectivity index (χ0v) is 17.0. The lowest BCUT2D eigenvalue weighted by molar-refractivity contribution is -0.139. The van der Waals surface area contributed by atoms with Gasteiger partial charge in [-0.25, -0.2) is 0 Å². The van der Waals surface area contributed by atoms with Gasteiger partial charge < -0.3 is 14.7 Å². The fraction of sp³-hybridized carbons (Fsp3) is 0.750. The maximum absolute atomic E-state index is 13.1. The fourth-order valence-corrected chi connectivity index (χ4v) is 4.45. The van der Waals surface area contributed by atoms with Gasteiger partial charge in [-0.3, -0.25) is 14.7 Å². The van der Waals surface area contributed by atoms with E-state index in [-0.39, 0.29) is 17.2 Å². The van der Waals surface area contributed by atoms with Gasteiger partial charge in [-0.1, -0.05) is 13.3 Å². The minimum absolute atomic E-state index is 0.0444. The molecule has 7 nitrogen and oxygen atoms in total. The highest BCUT2D eigenvalue weighted by atomic mass is 16.2. The Morgan fingerprint density at radius 3 is 2.89 bits per heavy atom. The summed E-state index contributed by atoms with van der Waals surface area (Å²) in [7, 11) is 4.06. The van der Waals surface area contributed by atoms with E-state index in [0.717, 1.165) is 70.5 Å². The number of aromatic amines is 1. The maximum atomic E-state index is 13.1. The number of carbonyl (C=O) groups excluding carboxylic acids is 2. The van der Waals surface area contributed by atoms with Crippen LogP contribution in [0.2, 0.25) is 0 Å². The first kappa shape index (κ1) is 19.9. The first-order chi connectivity index (χ1) is 12.9. The van der Waals surface area contributed by atoms with E-state index >= 15 is 0 Å². The Kier molecular flexibility index (Phi) is 6.19. The Balaban J connectivity index is 1.70.